The van der Waals surface area contributed by atoms with Crippen LogP contribution in [0.15, 0.2) is 16.6 Å². The summed E-state index contributed by atoms with van der Waals surface area (Å²) in [5.41, 5.74) is 8.83. The Bertz CT molecular complexity index is 766. The van der Waals surface area contributed by atoms with Crippen LogP contribution in [0.25, 0.3) is 10.9 Å². The first-order chi connectivity index (χ1) is 10.5. The number of nitrogens with one attached hydrogen (secondary N) is 1. The van der Waals surface area contributed by atoms with Crippen molar-refractivity contribution in [3.63, 3.8) is 0 Å². The van der Waals surface area contributed by atoms with Crippen molar-refractivity contribution in [2.75, 3.05) is 6.61 Å². The lowest BCUT2D eigenvalue weighted by Gasteiger charge is -2.20. The van der Waals surface area contributed by atoms with Gasteiger partial charge in [0, 0.05) is 22.0 Å². The zero-order valence-corrected chi connectivity index (χ0v) is 13.8. The number of halogens is 1. The van der Waals surface area contributed by atoms with Gasteiger partial charge in [-0.1, -0.05) is 15.9 Å². The van der Waals surface area contributed by atoms with Gasteiger partial charge in [0.2, 0.25) is 0 Å². The van der Waals surface area contributed by atoms with Gasteiger partial charge in [0.15, 0.2) is 0 Å². The first-order valence-electron chi connectivity index (χ1n) is 7.31. The average Bonchev–Trinajstić information content (AvgIpc) is 2.86. The van der Waals surface area contributed by atoms with E-state index in [2.05, 4.69) is 20.9 Å². The number of aromatic amines is 1. The Morgan fingerprint density at radius 3 is 2.91 bits per heavy atom. The van der Waals surface area contributed by atoms with Gasteiger partial charge in [-0.3, -0.25) is 9.59 Å². The number of H-pyrrole nitrogens is 1. The number of hydrogen-bond acceptors (Lipinski definition) is 3. The molecule has 3 rings (SSSR count). The van der Waals surface area contributed by atoms with Crippen LogP contribution >= 0.6 is 15.9 Å². The molecule has 0 radical (unpaired) electrons. The molecular formula is C16H17BrN2O3. The van der Waals surface area contributed by atoms with Gasteiger partial charge in [0.1, 0.15) is 0 Å². The number of rotatable bonds is 3. The first kappa shape index (κ1) is 15.1. The predicted octanol–water partition coefficient (Wildman–Crippen LogP) is 2.70. The van der Waals surface area contributed by atoms with Crippen molar-refractivity contribution in [3.05, 3.63) is 33.4 Å². The maximum absolute atomic E-state index is 11.9. The lowest BCUT2D eigenvalue weighted by Crippen LogP contribution is -2.24. The minimum absolute atomic E-state index is 0.128. The number of carbonyl (C=O) groups is 2. The molecule has 0 fully saturated rings. The summed E-state index contributed by atoms with van der Waals surface area (Å²) < 4.78 is 6.05. The molecule has 0 saturated heterocycles. The third kappa shape index (κ3) is 2.41. The van der Waals surface area contributed by atoms with Crippen molar-refractivity contribution in [2.24, 2.45) is 11.7 Å². The van der Waals surface area contributed by atoms with Crippen molar-refractivity contribution in [2.45, 2.75) is 26.2 Å². The molecule has 0 bridgehead atoms. The number of nitrogens with two attached hydrogens (primary N) is 1. The minimum atomic E-state index is -0.460. The van der Waals surface area contributed by atoms with E-state index in [-0.39, 0.29) is 11.9 Å². The Labute approximate surface area is 136 Å². The van der Waals surface area contributed by atoms with Crippen molar-refractivity contribution < 1.29 is 14.3 Å². The molecule has 2 aromatic rings. The van der Waals surface area contributed by atoms with Crippen LogP contribution in [0.5, 0.6) is 0 Å². The summed E-state index contributed by atoms with van der Waals surface area (Å²) in [5.74, 6) is -0.740. The molecule has 22 heavy (non-hydrogen) atoms. The van der Waals surface area contributed by atoms with Crippen molar-refractivity contribution in [3.8, 4) is 0 Å². The second-order valence-electron chi connectivity index (χ2n) is 5.48. The van der Waals surface area contributed by atoms with Crippen LogP contribution < -0.4 is 5.73 Å². The van der Waals surface area contributed by atoms with Crippen molar-refractivity contribution in [1.29, 1.82) is 0 Å². The third-order valence-electron chi connectivity index (χ3n) is 4.18. The number of ether oxygens (including phenoxy) is 1. The Kier molecular flexibility index (Phi) is 3.95. The highest BCUT2D eigenvalue weighted by Crippen LogP contribution is 2.37. The molecule has 1 amide bonds. The molecule has 116 valence electrons. The van der Waals surface area contributed by atoms with Gasteiger partial charge < -0.3 is 15.5 Å². The fraction of sp³-hybridized carbons (Fsp3) is 0.375. The summed E-state index contributed by atoms with van der Waals surface area (Å²) in [4.78, 5) is 26.9. The second-order valence-corrected chi connectivity index (χ2v) is 6.34. The van der Waals surface area contributed by atoms with Gasteiger partial charge >= 0.3 is 5.97 Å². The van der Waals surface area contributed by atoms with Gasteiger partial charge in [0.25, 0.3) is 5.91 Å². The quantitative estimate of drug-likeness (QED) is 0.821. The average molecular weight is 365 g/mol. The van der Waals surface area contributed by atoms with E-state index in [0.717, 1.165) is 39.5 Å². The normalized spacial score (nSPS) is 17.3. The van der Waals surface area contributed by atoms with E-state index < -0.39 is 5.91 Å². The summed E-state index contributed by atoms with van der Waals surface area (Å²) in [5, 5.41) is 0.994. The number of hydrogen-bond donors (Lipinski definition) is 2. The van der Waals surface area contributed by atoms with Gasteiger partial charge in [-0.05, 0) is 37.5 Å². The maximum Gasteiger partial charge on any atom is 0.309 e. The number of aryl methyl sites for hydroxylation is 1. The Balaban J connectivity index is 2.06. The van der Waals surface area contributed by atoms with E-state index in [1.165, 1.54) is 0 Å². The molecule has 1 aromatic heterocycles. The first-order valence-corrected chi connectivity index (χ1v) is 8.10. The predicted molar refractivity (Wildman–Crippen MR) is 86.7 cm³/mol. The molecule has 1 aliphatic carbocycles. The fourth-order valence-corrected chi connectivity index (χ4v) is 3.73. The molecule has 1 atom stereocenters. The molecule has 0 aliphatic heterocycles. The summed E-state index contributed by atoms with van der Waals surface area (Å²) in [6, 6.07) is 3.55. The van der Waals surface area contributed by atoms with Crippen LogP contribution in [0.2, 0.25) is 0 Å². The molecule has 1 aromatic carbocycles. The Hall–Kier alpha value is -1.82. The molecule has 1 aliphatic rings. The van der Waals surface area contributed by atoms with Crippen LogP contribution in [0.1, 0.15) is 35.0 Å². The van der Waals surface area contributed by atoms with Gasteiger partial charge in [-0.15, -0.1) is 0 Å². The smallest absolute Gasteiger partial charge is 0.309 e. The molecule has 3 N–H and O–H groups in total. The molecule has 1 unspecified atom stereocenters. The van der Waals surface area contributed by atoms with Crippen LogP contribution in [-0.4, -0.2) is 23.5 Å². The van der Waals surface area contributed by atoms with E-state index in [1.807, 2.05) is 13.0 Å². The number of esters is 1. The Morgan fingerprint density at radius 1 is 1.45 bits per heavy atom. The molecule has 0 saturated carbocycles. The monoisotopic (exact) mass is 364 g/mol. The maximum atomic E-state index is 11.9. The molecule has 5 nitrogen and oxygen atoms in total. The van der Waals surface area contributed by atoms with Gasteiger partial charge in [0.05, 0.1) is 23.6 Å². The number of primary amides is 1. The van der Waals surface area contributed by atoms with E-state index in [0.29, 0.717) is 18.6 Å². The van der Waals surface area contributed by atoms with E-state index in [1.54, 1.807) is 6.07 Å². The van der Waals surface area contributed by atoms with Crippen LogP contribution in [0.3, 0.4) is 0 Å². The highest BCUT2D eigenvalue weighted by molar-refractivity contribution is 9.10. The van der Waals surface area contributed by atoms with Gasteiger partial charge in [-0.2, -0.15) is 0 Å². The summed E-state index contributed by atoms with van der Waals surface area (Å²) in [6.45, 7) is 2.21. The number of aromatic nitrogens is 1. The lowest BCUT2D eigenvalue weighted by atomic mass is 9.87. The minimum Gasteiger partial charge on any atom is -0.466 e. The zero-order valence-electron chi connectivity index (χ0n) is 12.2. The zero-order chi connectivity index (χ0) is 15.9. The molecule has 6 heteroatoms. The summed E-state index contributed by atoms with van der Waals surface area (Å²) in [7, 11) is 0. The highest BCUT2D eigenvalue weighted by atomic mass is 79.9. The number of carbonyl (C=O) groups excluding carboxylic acids is 2. The number of fused-ring (bicyclic) bond motifs is 3. The van der Waals surface area contributed by atoms with E-state index in [9.17, 15) is 9.59 Å². The largest absolute Gasteiger partial charge is 0.466 e. The molecule has 0 spiro atoms. The fourth-order valence-electron chi connectivity index (χ4n) is 3.16. The SMILES string of the molecule is CCOC(=O)C1CCc2c([nH]c3c(C(N)=O)ccc(Br)c23)C1. The highest BCUT2D eigenvalue weighted by Gasteiger charge is 2.29. The Morgan fingerprint density at radius 2 is 2.23 bits per heavy atom. The summed E-state index contributed by atoms with van der Waals surface area (Å²) >= 11 is 3.54. The van der Waals surface area contributed by atoms with Gasteiger partial charge in [-0.25, -0.2) is 0 Å². The number of amides is 1. The van der Waals surface area contributed by atoms with E-state index in [4.69, 9.17) is 10.5 Å². The van der Waals surface area contributed by atoms with Crippen LogP contribution in [0, 0.1) is 5.92 Å². The number of benzene rings is 1. The van der Waals surface area contributed by atoms with Crippen molar-refractivity contribution >= 4 is 38.7 Å². The van der Waals surface area contributed by atoms with Crippen molar-refractivity contribution in [1.82, 2.24) is 4.98 Å². The topological polar surface area (TPSA) is 85.2 Å². The second kappa shape index (κ2) is 5.76. The lowest BCUT2D eigenvalue weighted by molar-refractivity contribution is -0.148. The van der Waals surface area contributed by atoms with Crippen LogP contribution in [-0.2, 0) is 22.4 Å². The molecular weight excluding hydrogens is 348 g/mol. The van der Waals surface area contributed by atoms with Crippen LogP contribution in [0.4, 0.5) is 0 Å². The van der Waals surface area contributed by atoms with E-state index >= 15 is 0 Å². The summed E-state index contributed by atoms with van der Waals surface area (Å²) in [6.07, 6.45) is 2.14. The third-order valence-corrected chi connectivity index (χ3v) is 4.84. The molecule has 1 heterocycles. The standard InChI is InChI=1S/C16H17BrN2O3/c1-2-22-16(21)8-3-4-9-12(7-8)19-14-10(15(18)20)5-6-11(17)13(9)14/h5-6,8,19H,2-4,7H2,1H3,(H2,18,20).